The number of hydrogen-bond donors (Lipinski definition) is 2. The van der Waals surface area contributed by atoms with E-state index in [9.17, 15) is 4.39 Å². The van der Waals surface area contributed by atoms with Crippen LogP contribution < -0.4 is 14.9 Å². The Labute approximate surface area is 194 Å². The van der Waals surface area contributed by atoms with Crippen molar-refractivity contribution in [2.45, 2.75) is 13.2 Å². The summed E-state index contributed by atoms with van der Waals surface area (Å²) in [7, 11) is 1.61. The third-order valence-corrected chi connectivity index (χ3v) is 5.44. The number of nitrogens with one attached hydrogen (secondary N) is 2. The highest BCUT2D eigenvalue weighted by Gasteiger charge is 2.14. The Kier molecular flexibility index (Phi) is 6.72. The van der Waals surface area contributed by atoms with Crippen molar-refractivity contribution in [1.82, 2.24) is 14.9 Å². The van der Waals surface area contributed by atoms with Gasteiger partial charge in [-0.2, -0.15) is 5.10 Å². The zero-order valence-electron chi connectivity index (χ0n) is 17.1. The summed E-state index contributed by atoms with van der Waals surface area (Å²) in [5.74, 6) is 1.58. The predicted molar refractivity (Wildman–Crippen MR) is 125 cm³/mol. The van der Waals surface area contributed by atoms with Crippen molar-refractivity contribution in [3.63, 3.8) is 0 Å². The molecule has 9 heteroatoms. The molecule has 1 heterocycles. The smallest absolute Gasteiger partial charge is 0.214 e. The maximum atomic E-state index is 13.3. The van der Waals surface area contributed by atoms with Crippen LogP contribution in [-0.4, -0.2) is 22.0 Å². The van der Waals surface area contributed by atoms with Gasteiger partial charge in [0.05, 0.1) is 24.2 Å². The van der Waals surface area contributed by atoms with E-state index in [0.29, 0.717) is 39.2 Å². The van der Waals surface area contributed by atoms with Gasteiger partial charge >= 0.3 is 0 Å². The lowest BCUT2D eigenvalue weighted by Gasteiger charge is -2.15. The molecular formula is C23H20ClFN4O2S. The number of nitrogens with zero attached hydrogens (tertiary/aromatic N) is 2. The van der Waals surface area contributed by atoms with Crippen LogP contribution in [0.3, 0.4) is 0 Å². The molecule has 4 rings (SSSR count). The monoisotopic (exact) mass is 470 g/mol. The lowest BCUT2D eigenvalue weighted by atomic mass is 10.2. The van der Waals surface area contributed by atoms with E-state index in [1.54, 1.807) is 17.9 Å². The molecule has 0 atom stereocenters. The highest BCUT2D eigenvalue weighted by Crippen LogP contribution is 2.28. The molecule has 0 aliphatic rings. The fourth-order valence-electron chi connectivity index (χ4n) is 3.20. The van der Waals surface area contributed by atoms with Crippen LogP contribution in [0.5, 0.6) is 11.5 Å². The van der Waals surface area contributed by atoms with Crippen molar-refractivity contribution in [3.8, 4) is 22.9 Å². The third-order valence-electron chi connectivity index (χ3n) is 4.82. The van der Waals surface area contributed by atoms with E-state index in [1.165, 1.54) is 12.1 Å². The van der Waals surface area contributed by atoms with Crippen molar-refractivity contribution in [1.29, 1.82) is 0 Å². The summed E-state index contributed by atoms with van der Waals surface area (Å²) in [4.78, 5) is 0. The Balaban J connectivity index is 1.53. The predicted octanol–water partition coefficient (Wildman–Crippen LogP) is 5.73. The standard InChI is InChI=1S/C23H20ClFN4O2S/c1-30-21-9-5-3-7-18(21)22-27-28-23(32)29(22)26-13-15-6-2-4-8-20(15)31-14-16-10-11-17(25)12-19(16)24/h2-12,26H,13-14H2,1H3,(H,28,32). The van der Waals surface area contributed by atoms with Crippen molar-refractivity contribution < 1.29 is 13.9 Å². The molecule has 3 aromatic carbocycles. The second-order valence-electron chi connectivity index (χ2n) is 6.86. The highest BCUT2D eigenvalue weighted by atomic mass is 35.5. The zero-order chi connectivity index (χ0) is 22.5. The minimum absolute atomic E-state index is 0.216. The first-order chi connectivity index (χ1) is 15.6. The summed E-state index contributed by atoms with van der Waals surface area (Å²) in [5, 5.41) is 7.49. The Morgan fingerprint density at radius 1 is 1.06 bits per heavy atom. The van der Waals surface area contributed by atoms with E-state index >= 15 is 0 Å². The van der Waals surface area contributed by atoms with Gasteiger partial charge in [-0.25, -0.2) is 14.2 Å². The molecule has 0 radical (unpaired) electrons. The third kappa shape index (κ3) is 4.76. The lowest BCUT2D eigenvalue weighted by molar-refractivity contribution is 0.303. The molecule has 0 aliphatic carbocycles. The van der Waals surface area contributed by atoms with Gasteiger partial charge in [0.25, 0.3) is 0 Å². The molecule has 2 N–H and O–H groups in total. The van der Waals surface area contributed by atoms with E-state index in [4.69, 9.17) is 33.3 Å². The van der Waals surface area contributed by atoms with Crippen LogP contribution in [0.4, 0.5) is 4.39 Å². The second kappa shape index (κ2) is 9.84. The zero-order valence-corrected chi connectivity index (χ0v) is 18.7. The molecule has 0 amide bonds. The molecule has 0 spiro atoms. The molecule has 4 aromatic rings. The molecule has 0 bridgehead atoms. The number of aromatic amines is 1. The number of rotatable bonds is 8. The van der Waals surface area contributed by atoms with Crippen LogP contribution >= 0.6 is 23.8 Å². The largest absolute Gasteiger partial charge is 0.496 e. The summed E-state index contributed by atoms with van der Waals surface area (Å²) < 4.78 is 26.8. The first-order valence-corrected chi connectivity index (χ1v) is 10.5. The average molecular weight is 471 g/mol. The van der Waals surface area contributed by atoms with E-state index in [2.05, 4.69) is 15.6 Å². The number of H-pyrrole nitrogens is 1. The van der Waals surface area contributed by atoms with E-state index in [1.807, 2.05) is 48.5 Å². The summed E-state index contributed by atoms with van der Waals surface area (Å²) in [6, 6.07) is 19.4. The minimum atomic E-state index is -0.383. The molecule has 32 heavy (non-hydrogen) atoms. The number of benzene rings is 3. The maximum Gasteiger partial charge on any atom is 0.214 e. The van der Waals surface area contributed by atoms with Crippen LogP contribution in [0.15, 0.2) is 66.7 Å². The first kappa shape index (κ1) is 21.9. The van der Waals surface area contributed by atoms with E-state index in [0.717, 1.165) is 11.1 Å². The molecular weight excluding hydrogens is 451 g/mol. The number of aromatic nitrogens is 3. The Morgan fingerprint density at radius 3 is 2.59 bits per heavy atom. The minimum Gasteiger partial charge on any atom is -0.496 e. The maximum absolute atomic E-state index is 13.3. The van der Waals surface area contributed by atoms with Gasteiger partial charge in [-0.15, -0.1) is 0 Å². The topological polar surface area (TPSA) is 64.1 Å². The van der Waals surface area contributed by atoms with Gasteiger partial charge in [-0.1, -0.05) is 48.0 Å². The molecule has 0 saturated heterocycles. The molecule has 0 aliphatic heterocycles. The van der Waals surface area contributed by atoms with Crippen LogP contribution in [-0.2, 0) is 13.2 Å². The fourth-order valence-corrected chi connectivity index (χ4v) is 3.62. The quantitative estimate of drug-likeness (QED) is 0.322. The van der Waals surface area contributed by atoms with Crippen molar-refractivity contribution in [2.75, 3.05) is 12.5 Å². The number of para-hydroxylation sites is 2. The van der Waals surface area contributed by atoms with Gasteiger partial charge in [0.1, 0.15) is 23.9 Å². The van der Waals surface area contributed by atoms with Crippen molar-refractivity contribution in [3.05, 3.63) is 93.5 Å². The average Bonchev–Trinajstić information content (AvgIpc) is 3.17. The van der Waals surface area contributed by atoms with Crippen molar-refractivity contribution in [2.24, 2.45) is 0 Å². The molecule has 1 aromatic heterocycles. The molecule has 0 unspecified atom stereocenters. The van der Waals surface area contributed by atoms with Crippen LogP contribution in [0.2, 0.25) is 5.02 Å². The van der Waals surface area contributed by atoms with Crippen LogP contribution in [0.1, 0.15) is 11.1 Å². The number of hydrogen-bond acceptors (Lipinski definition) is 5. The number of halogens is 2. The van der Waals surface area contributed by atoms with Gasteiger partial charge in [-0.05, 0) is 42.5 Å². The molecule has 164 valence electrons. The number of ether oxygens (including phenoxy) is 2. The van der Waals surface area contributed by atoms with Gasteiger partial charge in [0.2, 0.25) is 4.77 Å². The highest BCUT2D eigenvalue weighted by molar-refractivity contribution is 7.71. The normalized spacial score (nSPS) is 10.7. The lowest BCUT2D eigenvalue weighted by Crippen LogP contribution is -2.16. The number of methoxy groups -OCH3 is 1. The SMILES string of the molecule is COc1ccccc1-c1n[nH]c(=S)n1NCc1ccccc1OCc1ccc(F)cc1Cl. The van der Waals surface area contributed by atoms with Gasteiger partial charge in [-0.3, -0.25) is 0 Å². The molecule has 0 saturated carbocycles. The summed E-state index contributed by atoms with van der Waals surface area (Å²) >= 11 is 11.5. The van der Waals surface area contributed by atoms with Gasteiger partial charge in [0.15, 0.2) is 5.82 Å². The fraction of sp³-hybridized carbons (Fsp3) is 0.130. The summed E-state index contributed by atoms with van der Waals surface area (Å²) in [5.41, 5.74) is 5.69. The Hall–Kier alpha value is -3.36. The second-order valence-corrected chi connectivity index (χ2v) is 7.65. The summed E-state index contributed by atoms with van der Waals surface area (Å²) in [6.07, 6.45) is 0. The van der Waals surface area contributed by atoms with Crippen molar-refractivity contribution >= 4 is 23.8 Å². The van der Waals surface area contributed by atoms with Crippen LogP contribution in [0, 0.1) is 10.6 Å². The molecule has 0 fully saturated rings. The van der Waals surface area contributed by atoms with Gasteiger partial charge < -0.3 is 14.9 Å². The Morgan fingerprint density at radius 2 is 1.81 bits per heavy atom. The summed E-state index contributed by atoms with van der Waals surface area (Å²) in [6.45, 7) is 0.636. The van der Waals surface area contributed by atoms with Gasteiger partial charge in [0, 0.05) is 11.1 Å². The first-order valence-electron chi connectivity index (χ1n) is 9.76. The van der Waals surface area contributed by atoms with E-state index < -0.39 is 0 Å². The van der Waals surface area contributed by atoms with E-state index in [-0.39, 0.29) is 12.4 Å². The Bertz CT molecular complexity index is 1290. The molecule has 6 nitrogen and oxygen atoms in total. The van der Waals surface area contributed by atoms with Crippen LogP contribution in [0.25, 0.3) is 11.4 Å².